The molecule has 12 heavy (non-hydrogen) atoms. The summed E-state index contributed by atoms with van der Waals surface area (Å²) in [4.78, 5) is 0. The third kappa shape index (κ3) is 1560. The maximum atomic E-state index is 9.19. The molecule has 0 aromatic rings. The number of hydrogen-bond acceptors (Lipinski definition) is 4. The summed E-state index contributed by atoms with van der Waals surface area (Å²) in [5.41, 5.74) is 0. The van der Waals surface area contributed by atoms with Crippen molar-refractivity contribution in [2.24, 2.45) is 0 Å². The van der Waals surface area contributed by atoms with Crippen LogP contribution in [0, 0.1) is 0 Å². The molecule has 0 saturated carbocycles. The Bertz CT molecular complexity index is 216. The van der Waals surface area contributed by atoms with Gasteiger partial charge in [-0.3, -0.25) is 13.7 Å². The first-order chi connectivity index (χ1) is 4.00. The van der Waals surface area contributed by atoms with Gasteiger partial charge >= 0.3 is 10.4 Å². The summed E-state index contributed by atoms with van der Waals surface area (Å²) in [6.07, 6.45) is 0.715. The summed E-state index contributed by atoms with van der Waals surface area (Å²) in [6, 6.07) is 0. The molecule has 0 rings (SSSR count). The van der Waals surface area contributed by atoms with Crippen LogP contribution in [-0.2, 0) is 54.7 Å². The summed E-state index contributed by atoms with van der Waals surface area (Å²) in [6.45, 7) is 0. The van der Waals surface area contributed by atoms with Gasteiger partial charge in [-0.15, -0.1) is 0 Å². The van der Waals surface area contributed by atoms with Gasteiger partial charge in [0, 0.05) is 34.1 Å². The zero-order valence-corrected chi connectivity index (χ0v) is 8.91. The van der Waals surface area contributed by atoms with E-state index in [4.69, 9.17) is 22.1 Å². The molecule has 0 aliphatic carbocycles. The third-order valence-electron chi connectivity index (χ3n) is 0. The molecule has 7 nitrogen and oxygen atoms in total. The second-order valence-electron chi connectivity index (χ2n) is 1.18. The zero-order chi connectivity index (χ0) is 9.00. The molecule has 3 N–H and O–H groups in total. The fraction of sp³-hybridized carbons (Fsp3) is 1.00. The molecule has 0 amide bonds. The minimum Gasteiger partial charge on any atom is -0.286 e. The molecular weight excluding hydrogens is 315 g/mol. The van der Waals surface area contributed by atoms with Crippen molar-refractivity contribution in [2.75, 3.05) is 6.26 Å². The number of rotatable bonds is 0. The monoisotopic (exact) mass is 320 g/mol. The van der Waals surface area contributed by atoms with E-state index in [0.717, 1.165) is 0 Å². The van der Waals surface area contributed by atoms with Crippen LogP contribution >= 0.6 is 0 Å². The fourth-order valence-corrected chi connectivity index (χ4v) is 0. The third-order valence-corrected chi connectivity index (χ3v) is 0. The van der Waals surface area contributed by atoms with Crippen molar-refractivity contribution >= 4 is 20.5 Å². The molecule has 0 saturated heterocycles. The van der Waals surface area contributed by atoms with Crippen LogP contribution in [0.1, 0.15) is 0 Å². The van der Waals surface area contributed by atoms with Crippen molar-refractivity contribution < 1.29 is 64.6 Å². The molecule has 0 atom stereocenters. The van der Waals surface area contributed by atoms with E-state index in [9.17, 15) is 8.42 Å². The number of hydrogen-bond donors (Lipinski definition) is 3. The van der Waals surface area contributed by atoms with Gasteiger partial charge in [-0.05, 0) is 0 Å². The van der Waals surface area contributed by atoms with Crippen molar-refractivity contribution in [3.63, 3.8) is 0 Å². The van der Waals surface area contributed by atoms with Crippen molar-refractivity contribution in [3.05, 3.63) is 0 Å². The molecule has 0 unspecified atom stereocenters. The maximum absolute atomic E-state index is 9.19. The molecule has 0 heterocycles. The Morgan fingerprint density at radius 1 is 0.833 bits per heavy atom. The van der Waals surface area contributed by atoms with Gasteiger partial charge in [-0.25, -0.2) is 0 Å². The van der Waals surface area contributed by atoms with Gasteiger partial charge in [0.2, 0.25) is 0 Å². The molecule has 0 aliphatic rings. The van der Waals surface area contributed by atoms with Crippen LogP contribution in [0.15, 0.2) is 0 Å². The van der Waals surface area contributed by atoms with Crippen molar-refractivity contribution in [2.45, 2.75) is 0 Å². The van der Waals surface area contributed by atoms with Crippen LogP contribution < -0.4 is 0 Å². The second-order valence-corrected chi connectivity index (χ2v) is 3.54. The minimum atomic E-state index is -4.67. The smallest absolute Gasteiger partial charge is 0.286 e. The molecule has 2 radical (unpaired) electrons. The van der Waals surface area contributed by atoms with E-state index >= 15 is 0 Å². The fourth-order valence-electron chi connectivity index (χ4n) is 0. The normalized spacial score (nSPS) is 9.67. The molecule has 0 spiro atoms. The van der Waals surface area contributed by atoms with Crippen molar-refractivity contribution in [1.29, 1.82) is 0 Å². The van der Waals surface area contributed by atoms with Gasteiger partial charge in [-0.2, -0.15) is 16.8 Å². The molecule has 0 aliphatic heterocycles. The van der Waals surface area contributed by atoms with E-state index < -0.39 is 20.5 Å². The average molecular weight is 321 g/mol. The summed E-state index contributed by atoms with van der Waals surface area (Å²) >= 11 is 0. The first-order valence-electron chi connectivity index (χ1n) is 1.62. The minimum absolute atomic E-state index is 0. The summed E-state index contributed by atoms with van der Waals surface area (Å²) in [7, 11) is -8.33. The van der Waals surface area contributed by atoms with E-state index in [1.54, 1.807) is 0 Å². The topological polar surface area (TPSA) is 129 Å². The average Bonchev–Trinajstić information content (AvgIpc) is 1.12. The van der Waals surface area contributed by atoms with E-state index in [0.29, 0.717) is 6.26 Å². The van der Waals surface area contributed by atoms with E-state index in [1.807, 2.05) is 0 Å². The van der Waals surface area contributed by atoms with Crippen LogP contribution in [0.5, 0.6) is 0 Å². The molecule has 0 aromatic carbocycles. The van der Waals surface area contributed by atoms with E-state index in [-0.39, 0.29) is 34.1 Å². The Morgan fingerprint density at radius 2 is 0.833 bits per heavy atom. The first kappa shape index (κ1) is 23.0. The maximum Gasteiger partial charge on any atom is 0.394 e. The molecule has 0 bridgehead atoms. The Balaban J connectivity index is -0.0000000457. The zero-order valence-electron chi connectivity index (χ0n) is 5.39. The van der Waals surface area contributed by atoms with Gasteiger partial charge in [0.05, 0.1) is 6.26 Å². The molecule has 86 valence electrons. The van der Waals surface area contributed by atoms with E-state index in [1.165, 1.54) is 0 Å². The molecular formula is CH6Cu2O7S2. The Morgan fingerprint density at radius 3 is 0.833 bits per heavy atom. The Kier molecular flexibility index (Phi) is 16.2. The second kappa shape index (κ2) is 8.42. The van der Waals surface area contributed by atoms with Crippen molar-refractivity contribution in [3.8, 4) is 0 Å². The summed E-state index contributed by atoms with van der Waals surface area (Å²) < 4.78 is 57.5. The van der Waals surface area contributed by atoms with Gasteiger partial charge in [-0.1, -0.05) is 0 Å². The van der Waals surface area contributed by atoms with E-state index in [2.05, 4.69) is 0 Å². The quantitative estimate of drug-likeness (QED) is 0.379. The van der Waals surface area contributed by atoms with Crippen molar-refractivity contribution in [1.82, 2.24) is 0 Å². The van der Waals surface area contributed by atoms with Gasteiger partial charge in [0.15, 0.2) is 0 Å². The molecule has 0 aromatic heterocycles. The molecule has 0 fully saturated rings. The predicted octanol–water partition coefficient (Wildman–Crippen LogP) is -1.15. The first-order valence-corrected chi connectivity index (χ1v) is 4.87. The summed E-state index contributed by atoms with van der Waals surface area (Å²) in [5, 5.41) is 0. The van der Waals surface area contributed by atoms with Crippen LogP contribution in [0.2, 0.25) is 0 Å². The van der Waals surface area contributed by atoms with Gasteiger partial charge < -0.3 is 0 Å². The van der Waals surface area contributed by atoms with Gasteiger partial charge in [0.25, 0.3) is 10.1 Å². The predicted molar refractivity (Wildman–Crippen MR) is 31.6 cm³/mol. The van der Waals surface area contributed by atoms with Crippen LogP contribution in [-0.4, -0.2) is 36.7 Å². The van der Waals surface area contributed by atoms with Crippen LogP contribution in [0.25, 0.3) is 0 Å². The standard InChI is InChI=1S/CH4O3S.2Cu.H2O4S/c1-5(2,3)4;;;1-5(2,3)4/h1H3,(H,2,3,4);;;(H2,1,2,3,4). The van der Waals surface area contributed by atoms with Gasteiger partial charge in [0.1, 0.15) is 0 Å². The van der Waals surface area contributed by atoms with Crippen LogP contribution in [0.3, 0.4) is 0 Å². The largest absolute Gasteiger partial charge is 0.394 e. The van der Waals surface area contributed by atoms with Crippen LogP contribution in [0.4, 0.5) is 0 Å². The molecule has 11 heteroatoms. The summed E-state index contributed by atoms with van der Waals surface area (Å²) in [5.74, 6) is 0. The SMILES string of the molecule is CS(=O)(=O)O.O=S(=O)(O)O.[Cu].[Cu]. The Hall–Kier alpha value is 0.819. The Labute approximate surface area is 91.2 Å².